The maximum atomic E-state index is 10.7. The minimum absolute atomic E-state index is 0.116. The minimum Gasteiger partial charge on any atom is -0.367 e. The van der Waals surface area contributed by atoms with Crippen LogP contribution in [0.4, 0.5) is 13.2 Å². The number of rotatable bonds is 1. The van der Waals surface area contributed by atoms with E-state index in [0.29, 0.717) is 0 Å². The number of hydrogen-bond donors (Lipinski definition) is 2. The molecular formula is C4H10F3NO4S. The molecule has 13 heavy (non-hydrogen) atoms. The van der Waals surface area contributed by atoms with Crippen LogP contribution in [0, 0.1) is 0 Å². The Morgan fingerprint density at radius 2 is 1.62 bits per heavy atom. The van der Waals surface area contributed by atoms with Crippen LogP contribution in [0.2, 0.25) is 0 Å². The van der Waals surface area contributed by atoms with E-state index in [-0.39, 0.29) is 6.23 Å². The van der Waals surface area contributed by atoms with Crippen molar-refractivity contribution < 1.29 is 30.9 Å². The van der Waals surface area contributed by atoms with Crippen molar-refractivity contribution in [2.45, 2.75) is 18.7 Å². The summed E-state index contributed by atoms with van der Waals surface area (Å²) >= 11 is 0. The van der Waals surface area contributed by atoms with Crippen LogP contribution in [-0.2, 0) is 14.9 Å². The second-order valence-electron chi connectivity index (χ2n) is 1.86. The molecule has 82 valence electrons. The Morgan fingerprint density at radius 3 is 1.62 bits per heavy atom. The van der Waals surface area contributed by atoms with Gasteiger partial charge in [-0.15, -0.1) is 0 Å². The minimum atomic E-state index is -5.84. The van der Waals surface area contributed by atoms with Crippen LogP contribution in [0.25, 0.3) is 0 Å². The number of halogens is 3. The lowest BCUT2D eigenvalue weighted by molar-refractivity contribution is -0.0510. The van der Waals surface area contributed by atoms with Crippen LogP contribution >= 0.6 is 0 Å². The number of methoxy groups -OCH3 is 1. The molecule has 0 aromatic rings. The van der Waals surface area contributed by atoms with Crippen molar-refractivity contribution in [2.24, 2.45) is 5.73 Å². The smallest absolute Gasteiger partial charge is 0.367 e. The first-order valence-electron chi connectivity index (χ1n) is 2.84. The molecule has 0 heterocycles. The van der Waals surface area contributed by atoms with Gasteiger partial charge in [-0.05, 0) is 6.92 Å². The molecule has 3 N–H and O–H groups in total. The summed E-state index contributed by atoms with van der Waals surface area (Å²) in [6, 6.07) is 0. The molecule has 1 atom stereocenters. The molecule has 9 heteroatoms. The maximum absolute atomic E-state index is 10.7. The van der Waals surface area contributed by atoms with E-state index >= 15 is 0 Å². The third-order valence-corrected chi connectivity index (χ3v) is 1.25. The Hall–Kier alpha value is -0.380. The van der Waals surface area contributed by atoms with E-state index in [9.17, 15) is 13.2 Å². The lowest BCUT2D eigenvalue weighted by atomic mass is 10.7. The Morgan fingerprint density at radius 1 is 1.46 bits per heavy atom. The average molecular weight is 225 g/mol. The summed E-state index contributed by atoms with van der Waals surface area (Å²) in [5.74, 6) is 0. The topological polar surface area (TPSA) is 89.6 Å². The molecule has 0 aromatic heterocycles. The van der Waals surface area contributed by atoms with Gasteiger partial charge in [0.15, 0.2) is 0 Å². The van der Waals surface area contributed by atoms with Gasteiger partial charge in [-0.3, -0.25) is 4.55 Å². The number of nitrogens with two attached hydrogens (primary N) is 1. The SMILES string of the molecule is COC(C)N.O=S(=O)(O)C(F)(F)F. The van der Waals surface area contributed by atoms with Gasteiger partial charge in [-0.25, -0.2) is 0 Å². The predicted molar refractivity (Wildman–Crippen MR) is 38.3 cm³/mol. The Bertz CT molecular complexity index is 222. The van der Waals surface area contributed by atoms with Crippen molar-refractivity contribution in [3.63, 3.8) is 0 Å². The summed E-state index contributed by atoms with van der Waals surface area (Å²) in [6.45, 7) is 1.78. The predicted octanol–water partition coefficient (Wildman–Crippen LogP) is 0.331. The van der Waals surface area contributed by atoms with E-state index in [1.165, 1.54) is 0 Å². The summed E-state index contributed by atoms with van der Waals surface area (Å²) in [7, 11) is -4.27. The molecule has 0 rings (SSSR count). The number of alkyl halides is 3. The van der Waals surface area contributed by atoms with E-state index in [0.717, 1.165) is 0 Å². The molecule has 0 aromatic carbocycles. The van der Waals surface area contributed by atoms with Gasteiger partial charge in [0.05, 0.1) is 0 Å². The van der Waals surface area contributed by atoms with Gasteiger partial charge in [0, 0.05) is 7.11 Å². The third kappa shape index (κ3) is 9.53. The first-order valence-corrected chi connectivity index (χ1v) is 4.28. The Balaban J connectivity index is 0. The molecule has 0 radical (unpaired) electrons. The standard InChI is InChI=1S/C3H9NO.CHF3O3S/c1-3(4)5-2;2-1(3,4)8(5,6)7/h3H,4H2,1-2H3;(H,5,6,7). The lowest BCUT2D eigenvalue weighted by Gasteiger charge is -1.97. The molecule has 0 aliphatic rings. The molecule has 5 nitrogen and oxygen atoms in total. The van der Waals surface area contributed by atoms with Gasteiger partial charge >= 0.3 is 15.6 Å². The van der Waals surface area contributed by atoms with Crippen molar-refractivity contribution >= 4 is 10.1 Å². The first-order chi connectivity index (χ1) is 5.52. The van der Waals surface area contributed by atoms with E-state index in [1.807, 2.05) is 0 Å². The Kier molecular flexibility index (Phi) is 6.24. The van der Waals surface area contributed by atoms with Crippen LogP contribution in [0.5, 0.6) is 0 Å². The van der Waals surface area contributed by atoms with Gasteiger partial charge in [0.25, 0.3) is 0 Å². The summed E-state index contributed by atoms with van der Waals surface area (Å²) in [5.41, 5.74) is -0.465. The van der Waals surface area contributed by atoms with Crippen molar-refractivity contribution in [3.8, 4) is 0 Å². The molecule has 0 spiro atoms. The first kappa shape index (κ1) is 15.1. The van der Waals surface area contributed by atoms with Gasteiger partial charge in [-0.2, -0.15) is 21.6 Å². The zero-order valence-corrected chi connectivity index (χ0v) is 7.69. The van der Waals surface area contributed by atoms with Crippen molar-refractivity contribution in [1.82, 2.24) is 0 Å². The zero-order chi connectivity index (χ0) is 11.3. The number of hydrogen-bond acceptors (Lipinski definition) is 4. The highest BCUT2D eigenvalue weighted by molar-refractivity contribution is 7.86. The van der Waals surface area contributed by atoms with Gasteiger partial charge in [-0.1, -0.05) is 0 Å². The molecule has 0 bridgehead atoms. The second kappa shape index (κ2) is 5.37. The zero-order valence-electron chi connectivity index (χ0n) is 6.87. The van der Waals surface area contributed by atoms with Gasteiger partial charge in [0.1, 0.15) is 6.23 Å². The molecule has 0 amide bonds. The normalized spacial score (nSPS) is 14.4. The van der Waals surface area contributed by atoms with Crippen LogP contribution in [0.3, 0.4) is 0 Å². The third-order valence-electron chi connectivity index (χ3n) is 0.664. The molecule has 0 saturated heterocycles. The molecular weight excluding hydrogens is 215 g/mol. The van der Waals surface area contributed by atoms with Crippen LogP contribution < -0.4 is 5.73 Å². The lowest BCUT2D eigenvalue weighted by Crippen LogP contribution is -2.21. The van der Waals surface area contributed by atoms with E-state index in [2.05, 4.69) is 4.74 Å². The largest absolute Gasteiger partial charge is 0.522 e. The molecule has 1 unspecified atom stereocenters. The highest BCUT2D eigenvalue weighted by atomic mass is 32.2. The van der Waals surface area contributed by atoms with Crippen LogP contribution in [0.15, 0.2) is 0 Å². The van der Waals surface area contributed by atoms with E-state index in [1.54, 1.807) is 14.0 Å². The number of ether oxygens (including phenoxy) is 1. The van der Waals surface area contributed by atoms with E-state index in [4.69, 9.17) is 18.7 Å². The van der Waals surface area contributed by atoms with Crippen LogP contribution in [-0.4, -0.2) is 31.8 Å². The molecule has 0 aliphatic carbocycles. The quantitative estimate of drug-likeness (QED) is 0.381. The highest BCUT2D eigenvalue weighted by Gasteiger charge is 2.44. The highest BCUT2D eigenvalue weighted by Crippen LogP contribution is 2.20. The summed E-state index contributed by atoms with van der Waals surface area (Å²) in [6.07, 6.45) is -0.116. The van der Waals surface area contributed by atoms with E-state index < -0.39 is 15.6 Å². The summed E-state index contributed by atoms with van der Waals surface area (Å²) < 4.78 is 62.1. The fourth-order valence-corrected chi connectivity index (χ4v) is 0. The molecule has 0 fully saturated rings. The van der Waals surface area contributed by atoms with Crippen LogP contribution in [0.1, 0.15) is 6.92 Å². The molecule has 0 aliphatic heterocycles. The van der Waals surface area contributed by atoms with Crippen molar-refractivity contribution in [3.05, 3.63) is 0 Å². The fraction of sp³-hybridized carbons (Fsp3) is 1.00. The van der Waals surface area contributed by atoms with Crippen molar-refractivity contribution in [2.75, 3.05) is 7.11 Å². The molecule has 0 saturated carbocycles. The summed E-state index contributed by atoms with van der Waals surface area (Å²) in [5, 5.41) is 0. The Labute approximate surface area is 73.4 Å². The average Bonchev–Trinajstić information content (AvgIpc) is 1.84. The summed E-state index contributed by atoms with van der Waals surface area (Å²) in [4.78, 5) is 0. The second-order valence-corrected chi connectivity index (χ2v) is 3.27. The van der Waals surface area contributed by atoms with Crippen molar-refractivity contribution in [1.29, 1.82) is 0 Å². The fourth-order valence-electron chi connectivity index (χ4n) is 0. The monoisotopic (exact) mass is 225 g/mol. The van der Waals surface area contributed by atoms with Gasteiger partial charge < -0.3 is 10.5 Å². The van der Waals surface area contributed by atoms with Gasteiger partial charge in [0.2, 0.25) is 0 Å². The maximum Gasteiger partial charge on any atom is 0.522 e.